The van der Waals surface area contributed by atoms with Crippen LogP contribution >= 0.6 is 23.2 Å². The van der Waals surface area contributed by atoms with Gasteiger partial charge in [0.25, 0.3) is 5.91 Å². The summed E-state index contributed by atoms with van der Waals surface area (Å²) in [6.45, 7) is 0. The highest BCUT2D eigenvalue weighted by Crippen LogP contribution is 2.26. The van der Waals surface area contributed by atoms with Gasteiger partial charge in [-0.3, -0.25) is 4.79 Å². The summed E-state index contributed by atoms with van der Waals surface area (Å²) < 4.78 is 0. The van der Waals surface area contributed by atoms with E-state index in [9.17, 15) is 4.79 Å². The van der Waals surface area contributed by atoms with Crippen LogP contribution in [0.5, 0.6) is 0 Å². The smallest absolute Gasteiger partial charge is 0.259 e. The maximum absolute atomic E-state index is 10.8. The molecule has 76 valence electrons. The van der Waals surface area contributed by atoms with E-state index in [-0.39, 0.29) is 10.6 Å². The van der Waals surface area contributed by atoms with Crippen LogP contribution in [0.2, 0.25) is 10.0 Å². The van der Waals surface area contributed by atoms with E-state index in [1.54, 1.807) is 24.3 Å². The fraction of sp³-hybridized carbons (Fsp3) is 0. The quantitative estimate of drug-likeness (QED) is 0.638. The number of hydrogen-bond donors (Lipinski definition) is 1. The van der Waals surface area contributed by atoms with E-state index in [1.165, 1.54) is 6.08 Å². The van der Waals surface area contributed by atoms with Crippen molar-refractivity contribution in [3.05, 3.63) is 39.4 Å². The van der Waals surface area contributed by atoms with Crippen LogP contribution in [0.3, 0.4) is 0 Å². The predicted octanol–water partition coefficient (Wildman–Crippen LogP) is 2.39. The molecule has 0 radical (unpaired) electrons. The first-order valence-electron chi connectivity index (χ1n) is 3.92. The van der Waals surface area contributed by atoms with Crippen molar-refractivity contribution in [1.82, 2.24) is 0 Å². The minimum atomic E-state index is -0.798. The van der Waals surface area contributed by atoms with Crippen LogP contribution in [0.25, 0.3) is 6.08 Å². The third-order valence-corrected chi connectivity index (χ3v) is 2.50. The maximum Gasteiger partial charge on any atom is 0.259 e. The molecule has 0 heterocycles. The minimum absolute atomic E-state index is 0.167. The van der Waals surface area contributed by atoms with Crippen molar-refractivity contribution in [1.29, 1.82) is 5.26 Å². The average molecular weight is 241 g/mol. The number of benzene rings is 1. The molecule has 1 aromatic carbocycles. The molecule has 1 aromatic rings. The highest BCUT2D eigenvalue weighted by Gasteiger charge is 2.07. The number of nitrogens with two attached hydrogens (primary N) is 1. The van der Waals surface area contributed by atoms with E-state index in [0.29, 0.717) is 10.6 Å². The first-order valence-corrected chi connectivity index (χ1v) is 4.67. The van der Waals surface area contributed by atoms with Crippen molar-refractivity contribution < 1.29 is 4.79 Å². The third-order valence-electron chi connectivity index (χ3n) is 1.67. The summed E-state index contributed by atoms with van der Waals surface area (Å²) in [5.41, 5.74) is 5.30. The summed E-state index contributed by atoms with van der Waals surface area (Å²) in [7, 11) is 0. The van der Waals surface area contributed by atoms with Crippen molar-refractivity contribution in [2.24, 2.45) is 5.73 Å². The van der Waals surface area contributed by atoms with E-state index in [2.05, 4.69) is 0 Å². The van der Waals surface area contributed by atoms with Gasteiger partial charge in [-0.2, -0.15) is 5.26 Å². The number of amides is 1. The van der Waals surface area contributed by atoms with Gasteiger partial charge in [-0.25, -0.2) is 0 Å². The zero-order chi connectivity index (χ0) is 11.4. The van der Waals surface area contributed by atoms with Gasteiger partial charge in [0.15, 0.2) is 0 Å². The molecule has 1 amide bonds. The molecule has 0 saturated carbocycles. The summed E-state index contributed by atoms with van der Waals surface area (Å²) in [5.74, 6) is -0.798. The molecular formula is C10H6Cl2N2O. The van der Waals surface area contributed by atoms with Gasteiger partial charge in [0.2, 0.25) is 0 Å². The Morgan fingerprint density at radius 1 is 1.47 bits per heavy atom. The zero-order valence-electron chi connectivity index (χ0n) is 7.50. The topological polar surface area (TPSA) is 66.9 Å². The summed E-state index contributed by atoms with van der Waals surface area (Å²) in [6.07, 6.45) is 1.30. The Labute approximate surface area is 96.7 Å². The lowest BCUT2D eigenvalue weighted by molar-refractivity contribution is -0.114. The molecule has 0 aliphatic heterocycles. The van der Waals surface area contributed by atoms with Crippen LogP contribution in [0.1, 0.15) is 5.56 Å². The van der Waals surface area contributed by atoms with E-state index >= 15 is 0 Å². The van der Waals surface area contributed by atoms with Crippen LogP contribution in [-0.2, 0) is 4.79 Å². The largest absolute Gasteiger partial charge is 0.365 e. The van der Waals surface area contributed by atoms with Gasteiger partial charge < -0.3 is 5.73 Å². The van der Waals surface area contributed by atoms with Crippen molar-refractivity contribution >= 4 is 35.2 Å². The molecule has 0 aliphatic rings. The standard InChI is InChI=1S/C10H6Cl2N2O/c11-8-3-1-2-6(9(8)12)4-7(5-13)10(14)15/h1-4H,(H2,14,15)/b7-4-. The first kappa shape index (κ1) is 11.6. The Morgan fingerprint density at radius 3 is 2.67 bits per heavy atom. The third kappa shape index (κ3) is 2.72. The average Bonchev–Trinajstić information content (AvgIpc) is 2.19. The minimum Gasteiger partial charge on any atom is -0.365 e. The second-order valence-electron chi connectivity index (χ2n) is 2.68. The van der Waals surface area contributed by atoms with Crippen molar-refractivity contribution in [2.45, 2.75) is 0 Å². The molecule has 0 fully saturated rings. The van der Waals surface area contributed by atoms with Gasteiger partial charge in [0, 0.05) is 0 Å². The highest BCUT2D eigenvalue weighted by atomic mass is 35.5. The van der Waals surface area contributed by atoms with Crippen LogP contribution in [0.15, 0.2) is 23.8 Å². The zero-order valence-corrected chi connectivity index (χ0v) is 9.01. The van der Waals surface area contributed by atoms with Gasteiger partial charge in [0.05, 0.1) is 10.0 Å². The molecule has 0 spiro atoms. The number of nitriles is 1. The lowest BCUT2D eigenvalue weighted by Crippen LogP contribution is -2.12. The van der Waals surface area contributed by atoms with E-state index in [0.717, 1.165) is 0 Å². The number of rotatable bonds is 2. The molecule has 0 bridgehead atoms. The summed E-state index contributed by atoms with van der Waals surface area (Å²) in [5, 5.41) is 9.26. The lowest BCUT2D eigenvalue weighted by Gasteiger charge is -2.00. The van der Waals surface area contributed by atoms with Crippen molar-refractivity contribution in [2.75, 3.05) is 0 Å². The Kier molecular flexibility index (Phi) is 3.73. The SMILES string of the molecule is N#C/C(=C/c1cccc(Cl)c1Cl)C(N)=O. The maximum atomic E-state index is 10.8. The molecule has 0 aliphatic carbocycles. The number of halogens is 2. The molecule has 5 heteroatoms. The monoisotopic (exact) mass is 240 g/mol. The number of primary amides is 1. The summed E-state index contributed by atoms with van der Waals surface area (Å²) >= 11 is 11.6. The molecule has 3 nitrogen and oxygen atoms in total. The molecular weight excluding hydrogens is 235 g/mol. The van der Waals surface area contributed by atoms with Crippen LogP contribution in [0.4, 0.5) is 0 Å². The molecule has 0 atom stereocenters. The Morgan fingerprint density at radius 2 is 2.13 bits per heavy atom. The normalized spacial score (nSPS) is 10.9. The lowest BCUT2D eigenvalue weighted by atomic mass is 10.1. The Bertz CT molecular complexity index is 475. The van der Waals surface area contributed by atoms with Gasteiger partial charge in [-0.15, -0.1) is 0 Å². The number of carbonyl (C=O) groups excluding carboxylic acids is 1. The fourth-order valence-corrected chi connectivity index (χ4v) is 1.31. The molecule has 0 unspecified atom stereocenters. The fourth-order valence-electron chi connectivity index (χ4n) is 0.946. The molecule has 1 rings (SSSR count). The molecule has 0 aromatic heterocycles. The van der Waals surface area contributed by atoms with E-state index in [1.807, 2.05) is 0 Å². The number of nitrogens with zero attached hydrogens (tertiary/aromatic N) is 1. The Balaban J connectivity index is 3.25. The van der Waals surface area contributed by atoms with Gasteiger partial charge in [0.1, 0.15) is 11.6 Å². The van der Waals surface area contributed by atoms with Gasteiger partial charge in [-0.1, -0.05) is 35.3 Å². The van der Waals surface area contributed by atoms with E-state index < -0.39 is 5.91 Å². The van der Waals surface area contributed by atoms with Crippen molar-refractivity contribution in [3.8, 4) is 6.07 Å². The molecule has 15 heavy (non-hydrogen) atoms. The summed E-state index contributed by atoms with van der Waals surface area (Å²) in [4.78, 5) is 10.8. The predicted molar refractivity (Wildman–Crippen MR) is 59.2 cm³/mol. The highest BCUT2D eigenvalue weighted by molar-refractivity contribution is 6.43. The van der Waals surface area contributed by atoms with E-state index in [4.69, 9.17) is 34.2 Å². The van der Waals surface area contributed by atoms with Gasteiger partial charge >= 0.3 is 0 Å². The molecule has 0 saturated heterocycles. The first-order chi connectivity index (χ1) is 7.06. The number of carbonyl (C=O) groups is 1. The van der Waals surface area contributed by atoms with Crippen LogP contribution in [-0.4, -0.2) is 5.91 Å². The summed E-state index contributed by atoms with van der Waals surface area (Å²) in [6, 6.07) is 6.59. The van der Waals surface area contributed by atoms with Crippen LogP contribution in [0, 0.1) is 11.3 Å². The molecule has 2 N–H and O–H groups in total. The Hall–Kier alpha value is -1.50. The second kappa shape index (κ2) is 4.83. The number of hydrogen-bond acceptors (Lipinski definition) is 2. The van der Waals surface area contributed by atoms with Crippen molar-refractivity contribution in [3.63, 3.8) is 0 Å². The van der Waals surface area contributed by atoms with Crippen LogP contribution < -0.4 is 5.73 Å². The van der Waals surface area contributed by atoms with Gasteiger partial charge in [-0.05, 0) is 17.7 Å². The second-order valence-corrected chi connectivity index (χ2v) is 3.46.